The van der Waals surface area contributed by atoms with Gasteiger partial charge in [-0.1, -0.05) is 0 Å². The van der Waals surface area contributed by atoms with Gasteiger partial charge in [0, 0.05) is 57.4 Å². The van der Waals surface area contributed by atoms with Crippen LogP contribution >= 0.6 is 0 Å². The average molecular weight is 311 g/mol. The lowest BCUT2D eigenvalue weighted by Gasteiger charge is -2.25. The molecule has 120 valence electrons. The van der Waals surface area contributed by atoms with Crippen LogP contribution in [0.4, 0.5) is 0 Å². The fourth-order valence-corrected chi connectivity index (χ4v) is 3.94. The molecule has 4 heterocycles. The molecule has 0 spiro atoms. The van der Waals surface area contributed by atoms with Gasteiger partial charge >= 0.3 is 0 Å². The molecule has 2 fully saturated rings. The Labute approximate surface area is 135 Å². The third-order valence-corrected chi connectivity index (χ3v) is 5.04. The fraction of sp³-hybridized carbons (Fsp3) is 0.471. The van der Waals surface area contributed by atoms with Gasteiger partial charge in [0.25, 0.3) is 5.91 Å². The van der Waals surface area contributed by atoms with E-state index in [2.05, 4.69) is 27.1 Å². The summed E-state index contributed by atoms with van der Waals surface area (Å²) in [5.74, 6) is 0.122. The van der Waals surface area contributed by atoms with E-state index in [4.69, 9.17) is 0 Å². The Balaban J connectivity index is 1.46. The van der Waals surface area contributed by atoms with Gasteiger partial charge in [0.2, 0.25) is 0 Å². The molecule has 2 aliphatic rings. The van der Waals surface area contributed by atoms with Gasteiger partial charge in [-0.3, -0.25) is 19.4 Å². The largest absolute Gasteiger partial charge is 0.334 e. The molecule has 0 unspecified atom stereocenters. The van der Waals surface area contributed by atoms with Gasteiger partial charge in [0.05, 0.1) is 11.8 Å². The summed E-state index contributed by atoms with van der Waals surface area (Å²) in [6.45, 7) is 2.84. The number of fused-ring (bicyclic) bond motifs is 1. The second-order valence-corrected chi connectivity index (χ2v) is 6.44. The maximum Gasteiger partial charge on any atom is 0.257 e. The van der Waals surface area contributed by atoms with Crippen molar-refractivity contribution in [1.82, 2.24) is 24.6 Å². The molecule has 0 aromatic carbocycles. The molecule has 0 aliphatic carbocycles. The zero-order chi connectivity index (χ0) is 15.8. The highest BCUT2D eigenvalue weighted by atomic mass is 16.2. The van der Waals surface area contributed by atoms with Crippen LogP contribution in [0.3, 0.4) is 0 Å². The summed E-state index contributed by atoms with van der Waals surface area (Å²) >= 11 is 0. The topological polar surface area (TPSA) is 54.3 Å². The Hall–Kier alpha value is -2.21. The van der Waals surface area contributed by atoms with Crippen molar-refractivity contribution < 1.29 is 4.79 Å². The van der Waals surface area contributed by atoms with Crippen molar-refractivity contribution in [3.63, 3.8) is 0 Å². The van der Waals surface area contributed by atoms with E-state index >= 15 is 0 Å². The molecular weight excluding hydrogens is 290 g/mol. The Morgan fingerprint density at radius 3 is 2.74 bits per heavy atom. The normalized spacial score (nSPS) is 24.1. The molecule has 2 saturated heterocycles. The van der Waals surface area contributed by atoms with Crippen LogP contribution < -0.4 is 0 Å². The van der Waals surface area contributed by atoms with E-state index in [9.17, 15) is 4.79 Å². The summed E-state index contributed by atoms with van der Waals surface area (Å²) in [6, 6.07) is 4.95. The number of aryl methyl sites for hydroxylation is 1. The number of nitrogens with zero attached hydrogens (tertiary/aromatic N) is 5. The summed E-state index contributed by atoms with van der Waals surface area (Å²) in [5.41, 5.74) is 1.98. The van der Waals surface area contributed by atoms with Crippen molar-refractivity contribution in [1.29, 1.82) is 0 Å². The fourth-order valence-electron chi connectivity index (χ4n) is 3.94. The van der Waals surface area contributed by atoms with Gasteiger partial charge in [-0.05, 0) is 30.5 Å². The first-order valence-electron chi connectivity index (χ1n) is 8.15. The number of likely N-dealkylation sites (tertiary alicyclic amines) is 2. The van der Waals surface area contributed by atoms with Crippen LogP contribution in [0.2, 0.25) is 0 Å². The second kappa shape index (κ2) is 5.77. The SMILES string of the molecule is Cn1cc(C(=O)N2CC[C@@H]3[C@@H]2CCN3Cc2ccncc2)cn1. The third kappa shape index (κ3) is 2.63. The van der Waals surface area contributed by atoms with Crippen molar-refractivity contribution in [2.24, 2.45) is 7.05 Å². The quantitative estimate of drug-likeness (QED) is 0.857. The molecule has 1 amide bonds. The van der Waals surface area contributed by atoms with Crippen molar-refractivity contribution >= 4 is 5.91 Å². The number of rotatable bonds is 3. The number of aromatic nitrogens is 3. The van der Waals surface area contributed by atoms with Crippen LogP contribution in [-0.4, -0.2) is 55.6 Å². The van der Waals surface area contributed by atoms with E-state index in [0.29, 0.717) is 17.6 Å². The molecule has 6 heteroatoms. The Morgan fingerprint density at radius 2 is 2.00 bits per heavy atom. The van der Waals surface area contributed by atoms with E-state index in [0.717, 1.165) is 32.5 Å². The van der Waals surface area contributed by atoms with Crippen LogP contribution in [0.15, 0.2) is 36.9 Å². The summed E-state index contributed by atoms with van der Waals surface area (Å²) in [6.07, 6.45) is 9.27. The molecule has 2 aliphatic heterocycles. The predicted octanol–water partition coefficient (Wildman–Crippen LogP) is 1.30. The molecule has 2 atom stereocenters. The lowest BCUT2D eigenvalue weighted by molar-refractivity contribution is 0.0732. The molecular formula is C17H21N5O. The maximum atomic E-state index is 12.7. The third-order valence-electron chi connectivity index (χ3n) is 5.04. The van der Waals surface area contributed by atoms with E-state index < -0.39 is 0 Å². The van der Waals surface area contributed by atoms with Crippen LogP contribution in [0.25, 0.3) is 0 Å². The number of pyridine rings is 1. The highest BCUT2D eigenvalue weighted by Gasteiger charge is 2.44. The van der Waals surface area contributed by atoms with Crippen LogP contribution in [0, 0.1) is 0 Å². The minimum absolute atomic E-state index is 0.122. The van der Waals surface area contributed by atoms with E-state index in [1.165, 1.54) is 5.56 Å². The summed E-state index contributed by atoms with van der Waals surface area (Å²) in [4.78, 5) is 21.4. The van der Waals surface area contributed by atoms with Crippen molar-refractivity contribution in [3.8, 4) is 0 Å². The summed E-state index contributed by atoms with van der Waals surface area (Å²) in [5, 5.41) is 4.12. The summed E-state index contributed by atoms with van der Waals surface area (Å²) in [7, 11) is 1.84. The van der Waals surface area contributed by atoms with Crippen molar-refractivity contribution in [2.45, 2.75) is 31.5 Å². The number of hydrogen-bond donors (Lipinski definition) is 0. The molecule has 0 saturated carbocycles. The first kappa shape index (κ1) is 14.4. The van der Waals surface area contributed by atoms with Gasteiger partial charge in [-0.2, -0.15) is 5.10 Å². The smallest absolute Gasteiger partial charge is 0.257 e. The van der Waals surface area contributed by atoms with Gasteiger partial charge in [0.1, 0.15) is 0 Å². The first-order chi connectivity index (χ1) is 11.2. The Bertz CT molecular complexity index is 698. The summed E-state index contributed by atoms with van der Waals surface area (Å²) < 4.78 is 1.69. The highest BCUT2D eigenvalue weighted by Crippen LogP contribution is 2.33. The van der Waals surface area contributed by atoms with Gasteiger partial charge in [-0.15, -0.1) is 0 Å². The predicted molar refractivity (Wildman–Crippen MR) is 85.7 cm³/mol. The monoisotopic (exact) mass is 311 g/mol. The molecule has 6 nitrogen and oxygen atoms in total. The number of carbonyl (C=O) groups is 1. The lowest BCUT2D eigenvalue weighted by atomic mass is 10.1. The first-order valence-corrected chi connectivity index (χ1v) is 8.15. The van der Waals surface area contributed by atoms with Crippen molar-refractivity contribution in [3.05, 3.63) is 48.0 Å². The minimum atomic E-state index is 0.122. The van der Waals surface area contributed by atoms with Gasteiger partial charge < -0.3 is 4.90 Å². The zero-order valence-electron chi connectivity index (χ0n) is 13.3. The van der Waals surface area contributed by atoms with Crippen molar-refractivity contribution in [2.75, 3.05) is 13.1 Å². The minimum Gasteiger partial charge on any atom is -0.334 e. The number of hydrogen-bond acceptors (Lipinski definition) is 4. The van der Waals surface area contributed by atoms with E-state index in [1.807, 2.05) is 24.3 Å². The van der Waals surface area contributed by atoms with Crippen LogP contribution in [0.5, 0.6) is 0 Å². The molecule has 2 aromatic rings. The van der Waals surface area contributed by atoms with E-state index in [-0.39, 0.29) is 5.91 Å². The van der Waals surface area contributed by atoms with Gasteiger partial charge in [-0.25, -0.2) is 0 Å². The number of carbonyl (C=O) groups excluding carboxylic acids is 1. The zero-order valence-corrected chi connectivity index (χ0v) is 13.3. The lowest BCUT2D eigenvalue weighted by Crippen LogP contribution is -2.39. The molecule has 23 heavy (non-hydrogen) atoms. The maximum absolute atomic E-state index is 12.7. The standard InChI is InChI=1S/C17H21N5O/c1-20-12-14(10-19-20)17(23)22-9-5-15-16(22)4-8-21(15)11-13-2-6-18-7-3-13/h2-3,6-7,10,12,15-16H,4-5,8-9,11H2,1H3/t15-,16+/m1/s1. The average Bonchev–Trinajstić information content (AvgIpc) is 3.25. The molecule has 2 aromatic heterocycles. The molecule has 0 N–H and O–H groups in total. The van der Waals surface area contributed by atoms with E-state index in [1.54, 1.807) is 17.1 Å². The number of amides is 1. The van der Waals surface area contributed by atoms with Crippen LogP contribution in [0.1, 0.15) is 28.8 Å². The highest BCUT2D eigenvalue weighted by molar-refractivity contribution is 5.94. The Morgan fingerprint density at radius 1 is 1.22 bits per heavy atom. The van der Waals surface area contributed by atoms with Crippen LogP contribution in [-0.2, 0) is 13.6 Å². The van der Waals surface area contributed by atoms with Gasteiger partial charge in [0.15, 0.2) is 0 Å². The second-order valence-electron chi connectivity index (χ2n) is 6.44. The molecule has 0 bridgehead atoms. The molecule has 4 rings (SSSR count). The molecule has 0 radical (unpaired) electrons. The Kier molecular flexibility index (Phi) is 3.61.